The second-order valence-electron chi connectivity index (χ2n) is 6.63. The Bertz CT molecular complexity index is 803. The van der Waals surface area contributed by atoms with Gasteiger partial charge >= 0.3 is 12.1 Å². The fraction of sp³-hybridized carbons (Fsp3) is 0.353. The number of benzene rings is 1. The number of hydrogen-bond donors (Lipinski definition) is 3. The summed E-state index contributed by atoms with van der Waals surface area (Å²) in [5.74, 6) is -2.21. The number of aromatic amines is 1. The summed E-state index contributed by atoms with van der Waals surface area (Å²) >= 11 is 0. The molecule has 0 spiro atoms. The number of ether oxygens (including phenoxy) is 1. The molecular formula is C17H20N2O5. The molecule has 2 rings (SSSR count). The molecule has 1 atom stereocenters. The van der Waals surface area contributed by atoms with Gasteiger partial charge in [0.05, 0.1) is 0 Å². The lowest BCUT2D eigenvalue weighted by atomic mass is 9.91. The number of fused-ring (bicyclic) bond motifs is 1. The number of carbonyl (C=O) groups is 3. The SMILES string of the molecule is CC(C)(C)OC(=O)NC(C)(C(=O)O)C(=O)c1c[nH]c2ccccc12. The molecule has 1 unspecified atom stereocenters. The molecule has 0 fully saturated rings. The molecule has 3 N–H and O–H groups in total. The first-order valence-electron chi connectivity index (χ1n) is 7.40. The number of aromatic nitrogens is 1. The molecule has 0 aliphatic heterocycles. The molecule has 1 amide bonds. The number of carboxylic acids is 1. The van der Waals surface area contributed by atoms with Gasteiger partial charge in [-0.2, -0.15) is 0 Å². The van der Waals surface area contributed by atoms with Gasteiger partial charge in [0, 0.05) is 22.7 Å². The highest BCUT2D eigenvalue weighted by Crippen LogP contribution is 2.23. The van der Waals surface area contributed by atoms with Crippen molar-refractivity contribution in [2.24, 2.45) is 0 Å². The van der Waals surface area contributed by atoms with Gasteiger partial charge in [-0.05, 0) is 33.8 Å². The van der Waals surface area contributed by atoms with E-state index >= 15 is 0 Å². The first-order valence-corrected chi connectivity index (χ1v) is 7.40. The number of carbonyl (C=O) groups excluding carboxylic acids is 2. The lowest BCUT2D eigenvalue weighted by Crippen LogP contribution is -2.58. The van der Waals surface area contributed by atoms with Crippen molar-refractivity contribution in [2.75, 3.05) is 0 Å². The summed E-state index contributed by atoms with van der Waals surface area (Å²) in [6.45, 7) is 6.08. The van der Waals surface area contributed by atoms with Crippen LogP contribution in [0.3, 0.4) is 0 Å². The molecule has 1 heterocycles. The molecule has 7 nitrogen and oxygen atoms in total. The fourth-order valence-corrected chi connectivity index (χ4v) is 2.24. The van der Waals surface area contributed by atoms with E-state index in [0.717, 1.165) is 6.92 Å². The standard InChI is InChI=1S/C17H20N2O5/c1-16(2,3)24-15(23)19-17(4,14(21)22)13(20)11-9-18-12-8-6-5-7-10(11)12/h5-9,18H,1-4H3,(H,19,23)(H,21,22). The second-order valence-corrected chi connectivity index (χ2v) is 6.63. The molecule has 7 heteroatoms. The summed E-state index contributed by atoms with van der Waals surface area (Å²) in [5, 5.41) is 12.3. The van der Waals surface area contributed by atoms with Crippen LogP contribution >= 0.6 is 0 Å². The number of Topliss-reactive ketones (excluding diaryl/α,β-unsaturated/α-hetero) is 1. The number of carboxylic acid groups (broad SMARTS) is 1. The Morgan fingerprint density at radius 1 is 1.12 bits per heavy atom. The molecular weight excluding hydrogens is 312 g/mol. The summed E-state index contributed by atoms with van der Waals surface area (Å²) < 4.78 is 5.07. The summed E-state index contributed by atoms with van der Waals surface area (Å²) in [6.07, 6.45) is 0.464. The number of aliphatic carboxylic acids is 1. The number of rotatable bonds is 4. The number of amides is 1. The van der Waals surface area contributed by atoms with Crippen LogP contribution in [0.1, 0.15) is 38.1 Å². The highest BCUT2D eigenvalue weighted by Gasteiger charge is 2.45. The maximum Gasteiger partial charge on any atom is 0.408 e. The molecule has 0 saturated carbocycles. The molecule has 0 bridgehead atoms. The quantitative estimate of drug-likeness (QED) is 0.589. The third-order valence-electron chi connectivity index (χ3n) is 3.47. The Morgan fingerprint density at radius 2 is 1.75 bits per heavy atom. The first-order chi connectivity index (χ1) is 11.0. The molecule has 2 aromatic rings. The van der Waals surface area contributed by atoms with E-state index in [0.29, 0.717) is 10.9 Å². The maximum atomic E-state index is 12.8. The summed E-state index contributed by atoms with van der Waals surface area (Å²) in [5.41, 5.74) is -2.07. The van der Waals surface area contributed by atoms with Crippen molar-refractivity contribution in [3.63, 3.8) is 0 Å². The third kappa shape index (κ3) is 3.40. The van der Waals surface area contributed by atoms with Gasteiger partial charge in [0.2, 0.25) is 11.3 Å². The van der Waals surface area contributed by atoms with Crippen molar-refractivity contribution in [3.8, 4) is 0 Å². The Kier molecular flexibility index (Phi) is 4.38. The van der Waals surface area contributed by atoms with Crippen molar-refractivity contribution >= 4 is 28.7 Å². The molecule has 0 radical (unpaired) electrons. The Hall–Kier alpha value is -2.83. The van der Waals surface area contributed by atoms with Gasteiger partial charge in [0.1, 0.15) is 5.60 Å². The van der Waals surface area contributed by atoms with Gasteiger partial charge < -0.3 is 14.8 Å². The highest BCUT2D eigenvalue weighted by atomic mass is 16.6. The van der Waals surface area contributed by atoms with E-state index in [9.17, 15) is 19.5 Å². The number of nitrogens with one attached hydrogen (secondary N) is 2. The van der Waals surface area contributed by atoms with Crippen LogP contribution in [0.15, 0.2) is 30.5 Å². The van der Waals surface area contributed by atoms with Gasteiger partial charge in [-0.3, -0.25) is 10.1 Å². The molecule has 1 aromatic heterocycles. The molecule has 128 valence electrons. The van der Waals surface area contributed by atoms with Crippen molar-refractivity contribution in [3.05, 3.63) is 36.0 Å². The van der Waals surface area contributed by atoms with E-state index in [4.69, 9.17) is 4.74 Å². The molecule has 1 aromatic carbocycles. The minimum Gasteiger partial charge on any atom is -0.479 e. The molecule has 0 aliphatic carbocycles. The van der Waals surface area contributed by atoms with E-state index in [2.05, 4.69) is 10.3 Å². The van der Waals surface area contributed by atoms with Crippen LogP contribution in [0, 0.1) is 0 Å². The van der Waals surface area contributed by atoms with E-state index in [1.165, 1.54) is 6.20 Å². The van der Waals surface area contributed by atoms with Gasteiger partial charge in [-0.1, -0.05) is 18.2 Å². The van der Waals surface area contributed by atoms with Crippen LogP contribution in [0.2, 0.25) is 0 Å². The Morgan fingerprint density at radius 3 is 2.33 bits per heavy atom. The van der Waals surface area contributed by atoms with E-state index in [-0.39, 0.29) is 5.56 Å². The van der Waals surface area contributed by atoms with Gasteiger partial charge in [-0.15, -0.1) is 0 Å². The van der Waals surface area contributed by atoms with E-state index < -0.39 is 29.0 Å². The lowest BCUT2D eigenvalue weighted by Gasteiger charge is -2.27. The van der Waals surface area contributed by atoms with E-state index in [1.807, 2.05) is 0 Å². The average Bonchev–Trinajstić information content (AvgIpc) is 2.87. The van der Waals surface area contributed by atoms with Crippen molar-refractivity contribution in [1.29, 1.82) is 0 Å². The zero-order valence-electron chi connectivity index (χ0n) is 14.0. The summed E-state index contributed by atoms with van der Waals surface area (Å²) in [6, 6.07) is 7.01. The van der Waals surface area contributed by atoms with Gasteiger partial charge in [0.15, 0.2) is 0 Å². The van der Waals surface area contributed by atoms with Crippen LogP contribution in [-0.4, -0.2) is 39.1 Å². The topological polar surface area (TPSA) is 108 Å². The van der Waals surface area contributed by atoms with Crippen LogP contribution in [0.25, 0.3) is 10.9 Å². The fourth-order valence-electron chi connectivity index (χ4n) is 2.24. The minimum atomic E-state index is -2.15. The molecule has 0 aliphatic rings. The maximum absolute atomic E-state index is 12.8. The molecule has 0 saturated heterocycles. The zero-order valence-corrected chi connectivity index (χ0v) is 14.0. The van der Waals surface area contributed by atoms with Crippen LogP contribution in [-0.2, 0) is 9.53 Å². The Balaban J connectivity index is 2.37. The van der Waals surface area contributed by atoms with Crippen LogP contribution in [0.5, 0.6) is 0 Å². The Labute approximate surface area is 139 Å². The van der Waals surface area contributed by atoms with Crippen molar-refractivity contribution < 1.29 is 24.2 Å². The number of H-pyrrole nitrogens is 1. The van der Waals surface area contributed by atoms with Gasteiger partial charge in [-0.25, -0.2) is 9.59 Å². The first kappa shape index (κ1) is 17.5. The average molecular weight is 332 g/mol. The highest BCUT2D eigenvalue weighted by molar-refractivity contribution is 6.21. The summed E-state index contributed by atoms with van der Waals surface area (Å²) in [7, 11) is 0. The number of alkyl carbamates (subject to hydrolysis) is 1. The largest absolute Gasteiger partial charge is 0.479 e. The normalized spacial score (nSPS) is 14.0. The predicted octanol–water partition coefficient (Wildman–Crippen LogP) is 2.72. The second kappa shape index (κ2) is 5.99. The predicted molar refractivity (Wildman–Crippen MR) is 88.0 cm³/mol. The monoisotopic (exact) mass is 332 g/mol. The smallest absolute Gasteiger partial charge is 0.408 e. The van der Waals surface area contributed by atoms with Crippen LogP contribution < -0.4 is 5.32 Å². The number of ketones is 1. The molecule has 24 heavy (non-hydrogen) atoms. The minimum absolute atomic E-state index is 0.187. The number of hydrogen-bond acceptors (Lipinski definition) is 4. The van der Waals surface area contributed by atoms with E-state index in [1.54, 1.807) is 45.0 Å². The summed E-state index contributed by atoms with van der Waals surface area (Å²) in [4.78, 5) is 39.4. The van der Waals surface area contributed by atoms with Gasteiger partial charge in [0.25, 0.3) is 0 Å². The third-order valence-corrected chi connectivity index (χ3v) is 3.47. The van der Waals surface area contributed by atoms with Crippen molar-refractivity contribution in [1.82, 2.24) is 10.3 Å². The lowest BCUT2D eigenvalue weighted by molar-refractivity contribution is -0.142. The van der Waals surface area contributed by atoms with Crippen molar-refractivity contribution in [2.45, 2.75) is 38.8 Å². The van der Waals surface area contributed by atoms with Crippen LogP contribution in [0.4, 0.5) is 4.79 Å². The zero-order chi connectivity index (χ0) is 18.1. The number of para-hydroxylation sites is 1.